The zero-order valence-electron chi connectivity index (χ0n) is 18.9. The van der Waals surface area contributed by atoms with E-state index in [0.717, 1.165) is 23.7 Å². The molecule has 7 rings (SSSR count). The Bertz CT molecular complexity index is 1660. The Balaban J connectivity index is 1.41. The van der Waals surface area contributed by atoms with E-state index < -0.39 is 11.6 Å². The minimum atomic E-state index is -0.949. The van der Waals surface area contributed by atoms with E-state index >= 15 is 4.39 Å². The van der Waals surface area contributed by atoms with Crippen molar-refractivity contribution in [3.05, 3.63) is 41.9 Å². The Hall–Kier alpha value is -4.06. The fraction of sp³-hybridized carbons (Fsp3) is 0.304. The topological polar surface area (TPSA) is 122 Å². The van der Waals surface area contributed by atoms with Crippen molar-refractivity contribution < 1.29 is 13.5 Å². The van der Waals surface area contributed by atoms with Crippen molar-refractivity contribution >= 4 is 39.1 Å². The fourth-order valence-corrected chi connectivity index (χ4v) is 5.24. The number of fused-ring (bicyclic) bond motifs is 5. The van der Waals surface area contributed by atoms with Crippen LogP contribution in [0, 0.1) is 24.5 Å². The van der Waals surface area contributed by atoms with Gasteiger partial charge in [0.05, 0.1) is 40.6 Å². The molecule has 0 amide bonds. The van der Waals surface area contributed by atoms with Crippen molar-refractivity contribution in [2.75, 3.05) is 23.8 Å². The predicted octanol–water partition coefficient (Wildman–Crippen LogP) is 3.11. The molecule has 2 aliphatic rings. The minimum Gasteiger partial charge on any atom is -0.421 e. The standard InChI is InChI=1S/C23H21F2N9O/c1-9-5-29-34-7-10(6-28-21(9)34)35-23-31-20-17(22(32-23)33-8-11-13(26)4-15(11)33)16-18(25)12(24)3-14(27-2)19(16)30-20/h3,5-7,11,13,15,27H,4,8,26H2,1-2H3,(H,30,31,32)/t11-,13-,15?/m1/s1. The van der Waals surface area contributed by atoms with Gasteiger partial charge in [0.25, 0.3) is 0 Å². The number of nitrogens with zero attached hydrogens (tertiary/aromatic N) is 6. The molecule has 178 valence electrons. The summed E-state index contributed by atoms with van der Waals surface area (Å²) in [6.45, 7) is 2.60. The third kappa shape index (κ3) is 2.77. The molecule has 4 aromatic heterocycles. The number of hydrogen-bond acceptors (Lipinski definition) is 8. The van der Waals surface area contributed by atoms with Crippen molar-refractivity contribution in [1.82, 2.24) is 29.5 Å². The van der Waals surface area contributed by atoms with Gasteiger partial charge in [-0.1, -0.05) is 0 Å². The van der Waals surface area contributed by atoms with Gasteiger partial charge in [0.15, 0.2) is 23.0 Å². The zero-order chi connectivity index (χ0) is 24.0. The van der Waals surface area contributed by atoms with E-state index in [2.05, 4.69) is 35.3 Å². The molecule has 1 saturated carbocycles. The number of aromatic amines is 1. The lowest BCUT2D eigenvalue weighted by Gasteiger charge is -2.59. The third-order valence-corrected chi connectivity index (χ3v) is 7.21. The molecule has 0 radical (unpaired) electrons. The number of piperidine rings is 1. The van der Waals surface area contributed by atoms with E-state index in [9.17, 15) is 4.39 Å². The first-order valence-electron chi connectivity index (χ1n) is 11.3. The van der Waals surface area contributed by atoms with Gasteiger partial charge >= 0.3 is 6.01 Å². The van der Waals surface area contributed by atoms with Crippen LogP contribution in [0.4, 0.5) is 20.3 Å². The summed E-state index contributed by atoms with van der Waals surface area (Å²) in [6.07, 6.45) is 5.79. The summed E-state index contributed by atoms with van der Waals surface area (Å²) in [7, 11) is 1.65. The summed E-state index contributed by atoms with van der Waals surface area (Å²) in [5.41, 5.74) is 8.95. The third-order valence-electron chi connectivity index (χ3n) is 7.21. The fourth-order valence-electron chi connectivity index (χ4n) is 5.24. The number of ether oxygens (including phenoxy) is 1. The van der Waals surface area contributed by atoms with Crippen molar-refractivity contribution in [3.63, 3.8) is 0 Å². The second kappa shape index (κ2) is 6.98. The molecule has 1 aliphatic carbocycles. The van der Waals surface area contributed by atoms with E-state index in [-0.39, 0.29) is 23.5 Å². The number of rotatable bonds is 4. The monoisotopic (exact) mass is 477 g/mol. The van der Waals surface area contributed by atoms with E-state index in [1.807, 2.05) is 6.92 Å². The number of aromatic nitrogens is 6. The first-order valence-corrected chi connectivity index (χ1v) is 11.3. The highest BCUT2D eigenvalue weighted by Gasteiger charge is 2.52. The number of nitrogens with one attached hydrogen (secondary N) is 2. The number of benzene rings is 1. The second-order valence-electron chi connectivity index (χ2n) is 9.17. The van der Waals surface area contributed by atoms with E-state index in [0.29, 0.717) is 46.3 Å². The van der Waals surface area contributed by atoms with E-state index in [1.54, 1.807) is 30.2 Å². The summed E-state index contributed by atoms with van der Waals surface area (Å²) >= 11 is 0. The molecule has 35 heavy (non-hydrogen) atoms. The number of anilines is 2. The highest BCUT2D eigenvalue weighted by atomic mass is 19.2. The van der Waals surface area contributed by atoms with E-state index in [4.69, 9.17) is 10.5 Å². The van der Waals surface area contributed by atoms with Crippen LogP contribution in [0.3, 0.4) is 0 Å². The Morgan fingerprint density at radius 3 is 2.83 bits per heavy atom. The summed E-state index contributed by atoms with van der Waals surface area (Å²) in [5, 5.41) is 7.69. The highest BCUT2D eigenvalue weighted by Crippen LogP contribution is 2.47. The quantitative estimate of drug-likeness (QED) is 0.361. The van der Waals surface area contributed by atoms with Crippen LogP contribution in [0.2, 0.25) is 0 Å². The van der Waals surface area contributed by atoms with Gasteiger partial charge < -0.3 is 25.7 Å². The van der Waals surface area contributed by atoms with Crippen LogP contribution in [0.1, 0.15) is 12.0 Å². The normalized spacial score (nSPS) is 21.3. The number of hydrogen-bond donors (Lipinski definition) is 3. The first kappa shape index (κ1) is 20.3. The van der Waals surface area contributed by atoms with Crippen molar-refractivity contribution in [2.45, 2.75) is 25.4 Å². The molecule has 5 aromatic rings. The molecular formula is C23H21F2N9O. The molecule has 5 heterocycles. The maximum absolute atomic E-state index is 15.1. The lowest BCUT2D eigenvalue weighted by Crippen LogP contribution is -2.71. The molecule has 3 atom stereocenters. The van der Waals surface area contributed by atoms with Crippen LogP contribution in [-0.2, 0) is 0 Å². The van der Waals surface area contributed by atoms with Crippen LogP contribution in [-0.4, -0.2) is 55.2 Å². The van der Waals surface area contributed by atoms with Gasteiger partial charge in [-0.15, -0.1) is 0 Å². The van der Waals surface area contributed by atoms with Crippen molar-refractivity contribution in [2.24, 2.45) is 11.7 Å². The molecule has 10 nitrogen and oxygen atoms in total. The summed E-state index contributed by atoms with van der Waals surface area (Å²) in [4.78, 5) is 18.8. The number of aryl methyl sites for hydroxylation is 1. The Kier molecular flexibility index (Phi) is 4.05. The summed E-state index contributed by atoms with van der Waals surface area (Å²) in [6, 6.07) is 1.52. The number of H-pyrrole nitrogens is 1. The molecule has 1 aromatic carbocycles. The summed E-state index contributed by atoms with van der Waals surface area (Å²) in [5.74, 6) is -0.661. The average Bonchev–Trinajstić information content (AvgIpc) is 3.40. The van der Waals surface area contributed by atoms with Gasteiger partial charge in [-0.05, 0) is 13.3 Å². The van der Waals surface area contributed by atoms with Crippen molar-refractivity contribution in [1.29, 1.82) is 0 Å². The van der Waals surface area contributed by atoms with Crippen LogP contribution >= 0.6 is 0 Å². The van der Waals surface area contributed by atoms with Gasteiger partial charge in [-0.2, -0.15) is 15.1 Å². The lowest BCUT2D eigenvalue weighted by molar-refractivity contribution is 0.121. The molecular weight excluding hydrogens is 456 g/mol. The Morgan fingerprint density at radius 1 is 1.23 bits per heavy atom. The molecule has 12 heteroatoms. The van der Waals surface area contributed by atoms with E-state index in [1.165, 1.54) is 0 Å². The average molecular weight is 477 g/mol. The number of nitrogens with two attached hydrogens (primary N) is 1. The molecule has 0 bridgehead atoms. The first-order chi connectivity index (χ1) is 16.9. The van der Waals surface area contributed by atoms with Gasteiger partial charge in [0.2, 0.25) is 0 Å². The Labute approximate surface area is 197 Å². The molecule has 1 aliphatic heterocycles. The second-order valence-corrected chi connectivity index (χ2v) is 9.17. The molecule has 1 saturated heterocycles. The van der Waals surface area contributed by atoms with Crippen LogP contribution in [0.5, 0.6) is 11.8 Å². The molecule has 2 fully saturated rings. The molecule has 0 spiro atoms. The lowest BCUT2D eigenvalue weighted by atomic mass is 9.67. The van der Waals surface area contributed by atoms with Gasteiger partial charge in [-0.25, -0.2) is 18.3 Å². The van der Waals surface area contributed by atoms with Crippen LogP contribution in [0.15, 0.2) is 24.7 Å². The zero-order valence-corrected chi connectivity index (χ0v) is 18.9. The van der Waals surface area contributed by atoms with Gasteiger partial charge in [0.1, 0.15) is 11.5 Å². The molecule has 1 unspecified atom stereocenters. The molecule has 4 N–H and O–H groups in total. The highest BCUT2D eigenvalue weighted by molar-refractivity contribution is 6.15. The minimum absolute atomic E-state index is 0.0584. The van der Waals surface area contributed by atoms with Crippen LogP contribution < -0.4 is 20.7 Å². The van der Waals surface area contributed by atoms with Gasteiger partial charge in [-0.3, -0.25) is 0 Å². The largest absolute Gasteiger partial charge is 0.421 e. The maximum Gasteiger partial charge on any atom is 0.326 e. The van der Waals surface area contributed by atoms with Gasteiger partial charge in [0, 0.05) is 43.2 Å². The Morgan fingerprint density at radius 2 is 2.09 bits per heavy atom. The SMILES string of the molecule is CNc1cc(F)c(F)c2c1[nH]c1nc(Oc3cnc4c(C)cnn4c3)nc(N3C[C@H]4C3C[C@H]4N)c12. The summed E-state index contributed by atoms with van der Waals surface area (Å²) < 4.78 is 37.2. The smallest absolute Gasteiger partial charge is 0.326 e. The van der Waals surface area contributed by atoms with Crippen molar-refractivity contribution in [3.8, 4) is 11.8 Å². The van der Waals surface area contributed by atoms with Crippen LogP contribution in [0.25, 0.3) is 27.6 Å². The maximum atomic E-state index is 15.1. The predicted molar refractivity (Wildman–Crippen MR) is 126 cm³/mol. The number of halogens is 2.